The van der Waals surface area contributed by atoms with Gasteiger partial charge in [0.15, 0.2) is 0 Å². The molecule has 0 aromatic carbocycles. The molecule has 0 saturated carbocycles. The van der Waals surface area contributed by atoms with E-state index in [1.165, 1.54) is 0 Å². The van der Waals surface area contributed by atoms with Gasteiger partial charge in [0, 0.05) is 42.6 Å². The first-order valence-electron chi connectivity index (χ1n) is 3.48. The smallest absolute Gasteiger partial charge is 0.317 e. The molecule has 0 aliphatic heterocycles. The predicted octanol–water partition coefficient (Wildman–Crippen LogP) is -2.05. The first-order valence-corrected chi connectivity index (χ1v) is 3.48. The van der Waals surface area contributed by atoms with Crippen LogP contribution in [0.2, 0.25) is 0 Å². The zero-order valence-electron chi connectivity index (χ0n) is 7.54. The molecular weight excluding hydrogens is 187 g/mol. The van der Waals surface area contributed by atoms with Crippen molar-refractivity contribution in [2.24, 2.45) is 0 Å². The van der Waals surface area contributed by atoms with Gasteiger partial charge in [-0.1, -0.05) is 0 Å². The van der Waals surface area contributed by atoms with Crippen LogP contribution in [-0.4, -0.2) is 77.9 Å². The van der Waals surface area contributed by atoms with Crippen molar-refractivity contribution < 1.29 is 19.8 Å². The monoisotopic (exact) mass is 199 g/mol. The van der Waals surface area contributed by atoms with E-state index in [1.807, 2.05) is 0 Å². The summed E-state index contributed by atoms with van der Waals surface area (Å²) >= 11 is 0. The molecule has 1 radical (unpaired) electrons. The molecule has 0 rings (SSSR count). The Hall–Kier alpha value is -0.140. The van der Waals surface area contributed by atoms with Gasteiger partial charge in [0.05, 0.1) is 13.1 Å². The van der Waals surface area contributed by atoms with Crippen LogP contribution in [-0.2, 0) is 9.59 Å². The van der Waals surface area contributed by atoms with E-state index in [0.29, 0.717) is 13.1 Å². The molecule has 71 valence electrons. The number of rotatable bonds is 7. The largest absolute Gasteiger partial charge is 0.480 e. The van der Waals surface area contributed by atoms with Crippen LogP contribution in [0, 0.1) is 0 Å². The van der Waals surface area contributed by atoms with E-state index < -0.39 is 11.9 Å². The number of nitrogens with one attached hydrogen (secondary N) is 2. The van der Waals surface area contributed by atoms with Crippen LogP contribution in [0.1, 0.15) is 0 Å². The van der Waals surface area contributed by atoms with Crippen molar-refractivity contribution in [3.8, 4) is 0 Å². The molecule has 4 N–H and O–H groups in total. The Bertz CT molecular complexity index is 147. The quantitative estimate of drug-likeness (QED) is 0.278. The number of hydrogen-bond donors (Lipinski definition) is 4. The number of hydrogen-bond acceptors (Lipinski definition) is 4. The molecule has 7 heteroatoms. The van der Waals surface area contributed by atoms with E-state index in [-0.39, 0.29) is 42.6 Å². The van der Waals surface area contributed by atoms with Crippen LogP contribution in [0.15, 0.2) is 0 Å². The Morgan fingerprint density at radius 1 is 0.923 bits per heavy atom. The van der Waals surface area contributed by atoms with Crippen molar-refractivity contribution in [3.05, 3.63) is 0 Å². The average molecular weight is 199 g/mol. The van der Waals surface area contributed by atoms with Crippen LogP contribution in [0.4, 0.5) is 0 Å². The van der Waals surface area contributed by atoms with Crippen molar-refractivity contribution in [3.63, 3.8) is 0 Å². The first-order chi connectivity index (χ1) is 5.63. The molecule has 6 nitrogen and oxygen atoms in total. The van der Waals surface area contributed by atoms with Crippen LogP contribution < -0.4 is 10.6 Å². The van der Waals surface area contributed by atoms with Crippen molar-refractivity contribution in [1.82, 2.24) is 10.6 Å². The van der Waals surface area contributed by atoms with Gasteiger partial charge >= 0.3 is 11.9 Å². The Morgan fingerprint density at radius 2 is 1.23 bits per heavy atom. The summed E-state index contributed by atoms with van der Waals surface area (Å²) in [5, 5.41) is 21.6. The van der Waals surface area contributed by atoms with Gasteiger partial charge in [-0.2, -0.15) is 0 Å². The average Bonchev–Trinajstić information content (AvgIpc) is 1.95. The number of carbonyl (C=O) groups is 2. The fraction of sp³-hybridized carbons (Fsp3) is 0.667. The summed E-state index contributed by atoms with van der Waals surface area (Å²) in [6.07, 6.45) is 0. The fourth-order valence-electron chi connectivity index (χ4n) is 0.567. The SMILES string of the molecule is O=C(O)CNCCNCC(=O)O.[Na]. The van der Waals surface area contributed by atoms with E-state index in [9.17, 15) is 9.59 Å². The van der Waals surface area contributed by atoms with Gasteiger partial charge in [0.2, 0.25) is 0 Å². The van der Waals surface area contributed by atoms with E-state index in [4.69, 9.17) is 10.2 Å². The Kier molecular flexibility index (Phi) is 11.7. The van der Waals surface area contributed by atoms with Crippen LogP contribution in [0.25, 0.3) is 0 Å². The summed E-state index contributed by atoms with van der Waals surface area (Å²) in [4.78, 5) is 19.9. The van der Waals surface area contributed by atoms with E-state index in [0.717, 1.165) is 0 Å². The van der Waals surface area contributed by atoms with Crippen molar-refractivity contribution >= 4 is 41.5 Å². The van der Waals surface area contributed by atoms with E-state index in [1.54, 1.807) is 0 Å². The molecule has 13 heavy (non-hydrogen) atoms. The molecule has 0 aliphatic rings. The second kappa shape index (κ2) is 9.94. The molecular formula is C6H12N2NaO4. The van der Waals surface area contributed by atoms with Crippen molar-refractivity contribution in [1.29, 1.82) is 0 Å². The topological polar surface area (TPSA) is 98.7 Å². The van der Waals surface area contributed by atoms with Gasteiger partial charge in [-0.3, -0.25) is 9.59 Å². The fourth-order valence-corrected chi connectivity index (χ4v) is 0.567. The zero-order chi connectivity index (χ0) is 9.40. The van der Waals surface area contributed by atoms with E-state index >= 15 is 0 Å². The van der Waals surface area contributed by atoms with Gasteiger partial charge in [-0.25, -0.2) is 0 Å². The maximum atomic E-state index is 9.96. The molecule has 0 bridgehead atoms. The maximum Gasteiger partial charge on any atom is 0.317 e. The molecule has 0 heterocycles. The zero-order valence-corrected chi connectivity index (χ0v) is 9.54. The molecule has 0 atom stereocenters. The molecule has 0 aliphatic carbocycles. The van der Waals surface area contributed by atoms with Gasteiger partial charge in [-0.15, -0.1) is 0 Å². The molecule has 0 amide bonds. The van der Waals surface area contributed by atoms with Crippen molar-refractivity contribution in [2.45, 2.75) is 0 Å². The number of carboxylic acid groups (broad SMARTS) is 2. The Balaban J connectivity index is 0. The minimum absolute atomic E-state index is 0. The van der Waals surface area contributed by atoms with Gasteiger partial charge in [0.25, 0.3) is 0 Å². The predicted molar refractivity (Wildman–Crippen MR) is 46.8 cm³/mol. The Morgan fingerprint density at radius 3 is 1.46 bits per heavy atom. The van der Waals surface area contributed by atoms with Crippen LogP contribution in [0.3, 0.4) is 0 Å². The molecule has 0 fully saturated rings. The summed E-state index contributed by atoms with van der Waals surface area (Å²) in [5.74, 6) is -1.85. The second-order valence-corrected chi connectivity index (χ2v) is 2.14. The van der Waals surface area contributed by atoms with Gasteiger partial charge in [-0.05, 0) is 0 Å². The third-order valence-corrected chi connectivity index (χ3v) is 1.03. The standard InChI is InChI=1S/C6H12N2O4.Na/c9-5(10)3-7-1-2-8-4-6(11)12;/h7-8H,1-4H2,(H,9,10)(H,11,12);. The summed E-state index contributed by atoms with van der Waals surface area (Å²) in [6, 6.07) is 0. The summed E-state index contributed by atoms with van der Waals surface area (Å²) in [7, 11) is 0. The molecule has 0 aromatic heterocycles. The van der Waals surface area contributed by atoms with E-state index in [2.05, 4.69) is 10.6 Å². The number of aliphatic carboxylic acids is 2. The van der Waals surface area contributed by atoms with Crippen molar-refractivity contribution in [2.75, 3.05) is 26.2 Å². The summed E-state index contributed by atoms with van der Waals surface area (Å²) in [5.41, 5.74) is 0. The first kappa shape index (κ1) is 15.3. The third-order valence-electron chi connectivity index (χ3n) is 1.03. The molecule has 0 saturated heterocycles. The van der Waals surface area contributed by atoms with Gasteiger partial charge in [0.1, 0.15) is 0 Å². The third kappa shape index (κ3) is 14.7. The van der Waals surface area contributed by atoms with Crippen LogP contribution >= 0.6 is 0 Å². The van der Waals surface area contributed by atoms with Gasteiger partial charge < -0.3 is 20.8 Å². The number of carboxylic acids is 2. The molecule has 0 unspecified atom stereocenters. The minimum Gasteiger partial charge on any atom is -0.480 e. The summed E-state index contributed by atoms with van der Waals surface area (Å²) < 4.78 is 0. The summed E-state index contributed by atoms with van der Waals surface area (Å²) in [6.45, 7) is 0.683. The second-order valence-electron chi connectivity index (χ2n) is 2.14. The molecule has 0 aromatic rings. The minimum atomic E-state index is -0.923. The molecule has 0 spiro atoms. The maximum absolute atomic E-state index is 9.96. The van der Waals surface area contributed by atoms with Crippen LogP contribution in [0.5, 0.6) is 0 Å². The Labute approximate surface area is 98.0 Å². The normalized spacial score (nSPS) is 8.92.